The fraction of sp³-hybridized carbons (Fsp3) is 0.833. The van der Waals surface area contributed by atoms with E-state index >= 15 is 0 Å². The van der Waals surface area contributed by atoms with Crippen molar-refractivity contribution in [3.05, 3.63) is 22.1 Å². The quantitative estimate of drug-likeness (QED) is 0.339. The fourth-order valence-corrected chi connectivity index (χ4v) is 2.95. The molecule has 1 heterocycles. The maximum absolute atomic E-state index is 9.79. The van der Waals surface area contributed by atoms with Crippen LogP contribution in [-0.2, 0) is 0 Å². The molecule has 0 aromatic carbocycles. The summed E-state index contributed by atoms with van der Waals surface area (Å²) in [5.74, 6) is 0.710. The van der Waals surface area contributed by atoms with Gasteiger partial charge in [0.15, 0.2) is 0 Å². The smallest absolute Gasteiger partial charge is 0.0614 e. The second kappa shape index (κ2) is 6.05. The highest BCUT2D eigenvalue weighted by Gasteiger charge is 2.29. The van der Waals surface area contributed by atoms with Crippen molar-refractivity contribution in [2.45, 2.75) is 44.2 Å². The van der Waals surface area contributed by atoms with Crippen molar-refractivity contribution in [2.24, 2.45) is 11.0 Å². The van der Waals surface area contributed by atoms with Gasteiger partial charge >= 0.3 is 0 Å². The Balaban J connectivity index is 1.94. The second-order valence-electron chi connectivity index (χ2n) is 4.93. The van der Waals surface area contributed by atoms with Gasteiger partial charge < -0.3 is 10.4 Å². The van der Waals surface area contributed by atoms with Gasteiger partial charge in [-0.2, -0.15) is 0 Å². The number of fused-ring (bicyclic) bond motifs is 1. The molecule has 2 unspecified atom stereocenters. The first-order valence-electron chi connectivity index (χ1n) is 6.43. The zero-order valence-corrected chi connectivity index (χ0v) is 10.0. The molecule has 0 radical (unpaired) electrons. The summed E-state index contributed by atoms with van der Waals surface area (Å²) in [5, 5.41) is 16.7. The van der Waals surface area contributed by atoms with Gasteiger partial charge in [0, 0.05) is 11.0 Å². The molecule has 2 N–H and O–H groups in total. The van der Waals surface area contributed by atoms with Crippen molar-refractivity contribution in [3.63, 3.8) is 0 Å². The average Bonchev–Trinajstić information content (AvgIpc) is 2.37. The van der Waals surface area contributed by atoms with Crippen LogP contribution < -0.4 is 5.32 Å². The Bertz CT molecular complexity index is 335. The van der Waals surface area contributed by atoms with E-state index in [-0.39, 0.29) is 12.6 Å². The number of rotatable bonds is 4. The highest BCUT2D eigenvalue weighted by atomic mass is 16.3. The van der Waals surface area contributed by atoms with Gasteiger partial charge in [0.2, 0.25) is 0 Å². The molecule has 0 spiro atoms. The number of allylic oxidation sites excluding steroid dienone is 1. The van der Waals surface area contributed by atoms with Crippen LogP contribution in [0.1, 0.15) is 32.1 Å². The van der Waals surface area contributed by atoms with Gasteiger partial charge in [-0.1, -0.05) is 16.8 Å². The minimum Gasteiger partial charge on any atom is -0.393 e. The molecule has 2 rings (SSSR count). The monoisotopic (exact) mass is 236 g/mol. The first-order chi connectivity index (χ1) is 8.31. The SMILES string of the molecule is [N-]=[N+]=NC[C@H](O)CC1NCCC2CCCC=C21. The fourth-order valence-electron chi connectivity index (χ4n) is 2.95. The first kappa shape index (κ1) is 12.4. The summed E-state index contributed by atoms with van der Waals surface area (Å²) in [6, 6.07) is 0.276. The summed E-state index contributed by atoms with van der Waals surface area (Å²) in [6.45, 7) is 1.20. The van der Waals surface area contributed by atoms with E-state index in [1.54, 1.807) is 0 Å². The van der Waals surface area contributed by atoms with Gasteiger partial charge in [-0.05, 0) is 50.1 Å². The highest BCUT2D eigenvalue weighted by Crippen LogP contribution is 2.33. The molecule has 0 bridgehead atoms. The molecule has 0 amide bonds. The molecule has 1 fully saturated rings. The molecule has 2 aliphatic rings. The van der Waals surface area contributed by atoms with Crippen LogP contribution in [-0.4, -0.2) is 30.3 Å². The molecule has 0 saturated carbocycles. The lowest BCUT2D eigenvalue weighted by atomic mass is 9.78. The summed E-state index contributed by atoms with van der Waals surface area (Å²) in [6.07, 6.45) is 7.42. The molecular weight excluding hydrogens is 216 g/mol. The van der Waals surface area contributed by atoms with Gasteiger partial charge in [-0.3, -0.25) is 0 Å². The van der Waals surface area contributed by atoms with E-state index in [4.69, 9.17) is 5.53 Å². The number of piperidine rings is 1. The van der Waals surface area contributed by atoms with Crippen molar-refractivity contribution < 1.29 is 5.11 Å². The number of nitrogens with one attached hydrogen (secondary N) is 1. The standard InChI is InChI=1S/C12H20N4O/c13-16-15-8-10(17)7-12-11-4-2-1-3-9(11)5-6-14-12/h4,9-10,12,14,17H,1-3,5-8H2/t9?,10-,12?/m1/s1. The van der Waals surface area contributed by atoms with Crippen molar-refractivity contribution in [1.82, 2.24) is 5.32 Å². The normalized spacial score (nSPS) is 29.8. The Morgan fingerprint density at radius 2 is 2.47 bits per heavy atom. The summed E-state index contributed by atoms with van der Waals surface area (Å²) in [5.41, 5.74) is 9.70. The van der Waals surface area contributed by atoms with E-state index in [0.717, 1.165) is 13.0 Å². The van der Waals surface area contributed by atoms with E-state index < -0.39 is 6.10 Å². The Morgan fingerprint density at radius 1 is 1.59 bits per heavy atom. The number of azide groups is 1. The summed E-state index contributed by atoms with van der Waals surface area (Å²) in [7, 11) is 0. The van der Waals surface area contributed by atoms with Gasteiger partial charge in [-0.25, -0.2) is 0 Å². The molecule has 5 nitrogen and oxygen atoms in total. The molecule has 1 aliphatic heterocycles. The molecule has 5 heteroatoms. The van der Waals surface area contributed by atoms with Crippen LogP contribution in [0.2, 0.25) is 0 Å². The van der Waals surface area contributed by atoms with Gasteiger partial charge in [0.1, 0.15) is 0 Å². The summed E-state index contributed by atoms with van der Waals surface area (Å²) < 4.78 is 0. The van der Waals surface area contributed by atoms with Gasteiger partial charge in [0.25, 0.3) is 0 Å². The third kappa shape index (κ3) is 3.22. The molecule has 1 saturated heterocycles. The van der Waals surface area contributed by atoms with E-state index in [1.165, 1.54) is 24.8 Å². The molecule has 94 valence electrons. The van der Waals surface area contributed by atoms with Crippen molar-refractivity contribution in [1.29, 1.82) is 0 Å². The average molecular weight is 236 g/mol. The topological polar surface area (TPSA) is 81.0 Å². The van der Waals surface area contributed by atoms with Crippen molar-refractivity contribution in [2.75, 3.05) is 13.1 Å². The zero-order valence-electron chi connectivity index (χ0n) is 10.0. The van der Waals surface area contributed by atoms with Gasteiger partial charge in [0.05, 0.1) is 12.6 Å². The molecule has 3 atom stereocenters. The summed E-state index contributed by atoms with van der Waals surface area (Å²) in [4.78, 5) is 2.68. The van der Waals surface area contributed by atoms with Crippen LogP contribution in [0.5, 0.6) is 0 Å². The van der Waals surface area contributed by atoms with Crippen LogP contribution >= 0.6 is 0 Å². The number of hydrogen-bond donors (Lipinski definition) is 2. The predicted octanol–water partition coefficient (Wildman–Crippen LogP) is 2.14. The predicted molar refractivity (Wildman–Crippen MR) is 66.5 cm³/mol. The number of hydrogen-bond acceptors (Lipinski definition) is 3. The minimum atomic E-state index is -0.537. The molecule has 1 aliphatic carbocycles. The third-order valence-corrected chi connectivity index (χ3v) is 3.76. The highest BCUT2D eigenvalue weighted by molar-refractivity contribution is 5.19. The maximum Gasteiger partial charge on any atom is 0.0614 e. The van der Waals surface area contributed by atoms with Gasteiger partial charge in [-0.15, -0.1) is 0 Å². The maximum atomic E-state index is 9.79. The third-order valence-electron chi connectivity index (χ3n) is 3.76. The molecule has 17 heavy (non-hydrogen) atoms. The van der Waals surface area contributed by atoms with Crippen LogP contribution in [0.15, 0.2) is 16.8 Å². The summed E-state index contributed by atoms with van der Waals surface area (Å²) >= 11 is 0. The Hall–Kier alpha value is -1.03. The minimum absolute atomic E-state index is 0.173. The van der Waals surface area contributed by atoms with Crippen molar-refractivity contribution in [3.8, 4) is 0 Å². The lowest BCUT2D eigenvalue weighted by Crippen LogP contribution is -2.43. The van der Waals surface area contributed by atoms with Crippen LogP contribution in [0.4, 0.5) is 0 Å². The lowest BCUT2D eigenvalue weighted by Gasteiger charge is -2.37. The van der Waals surface area contributed by atoms with E-state index in [1.807, 2.05) is 0 Å². The Kier molecular flexibility index (Phi) is 4.42. The van der Waals surface area contributed by atoms with E-state index in [9.17, 15) is 5.11 Å². The van der Waals surface area contributed by atoms with E-state index in [2.05, 4.69) is 21.4 Å². The number of aliphatic hydroxyl groups is 1. The zero-order chi connectivity index (χ0) is 12.1. The largest absolute Gasteiger partial charge is 0.393 e. The number of nitrogens with zero attached hydrogens (tertiary/aromatic N) is 3. The second-order valence-corrected chi connectivity index (χ2v) is 4.93. The van der Waals surface area contributed by atoms with E-state index in [0.29, 0.717) is 12.3 Å². The molecule has 0 aromatic heterocycles. The van der Waals surface area contributed by atoms with Crippen LogP contribution in [0.25, 0.3) is 10.4 Å². The Labute approximate surface area is 102 Å². The molecular formula is C12H20N4O. The molecule has 0 aromatic rings. The lowest BCUT2D eigenvalue weighted by molar-refractivity contribution is 0.155. The van der Waals surface area contributed by atoms with Crippen molar-refractivity contribution >= 4 is 0 Å². The van der Waals surface area contributed by atoms with Crippen LogP contribution in [0.3, 0.4) is 0 Å². The Morgan fingerprint density at radius 3 is 3.29 bits per heavy atom. The van der Waals surface area contributed by atoms with Crippen LogP contribution in [0, 0.1) is 5.92 Å². The first-order valence-corrected chi connectivity index (χ1v) is 6.43. The number of aliphatic hydroxyl groups excluding tert-OH is 1.